The smallest absolute Gasteiger partial charge is 0.257 e. The zero-order valence-electron chi connectivity index (χ0n) is 15.4. The van der Waals surface area contributed by atoms with Crippen LogP contribution in [0, 0.1) is 19.7 Å². The first-order chi connectivity index (χ1) is 13.0. The number of amides is 1. The Bertz CT molecular complexity index is 980. The summed E-state index contributed by atoms with van der Waals surface area (Å²) in [6.45, 7) is 4.50. The molecule has 6 heteroatoms. The number of likely N-dealkylation sites (tertiary alicyclic amines) is 1. The van der Waals surface area contributed by atoms with Crippen LogP contribution in [0.25, 0.3) is 11.1 Å². The molecule has 1 aromatic carbocycles. The van der Waals surface area contributed by atoms with Crippen molar-refractivity contribution in [3.05, 3.63) is 71.1 Å². The first-order valence-electron chi connectivity index (χ1n) is 9.08. The molecule has 138 valence electrons. The van der Waals surface area contributed by atoms with Gasteiger partial charge in [0.1, 0.15) is 5.82 Å². The van der Waals surface area contributed by atoms with E-state index in [9.17, 15) is 9.18 Å². The third kappa shape index (κ3) is 3.35. The van der Waals surface area contributed by atoms with Crippen LogP contribution in [0.15, 0.2) is 42.6 Å². The van der Waals surface area contributed by atoms with Crippen LogP contribution >= 0.6 is 0 Å². The topological polar surface area (TPSA) is 61.9 Å². The molecule has 0 aliphatic carbocycles. The predicted molar refractivity (Wildman–Crippen MR) is 101 cm³/mol. The van der Waals surface area contributed by atoms with Gasteiger partial charge < -0.3 is 4.90 Å². The first-order valence-corrected chi connectivity index (χ1v) is 9.08. The molecule has 1 unspecified atom stereocenters. The van der Waals surface area contributed by atoms with Crippen molar-refractivity contribution in [1.29, 1.82) is 0 Å². The number of H-pyrrole nitrogens is 1. The van der Waals surface area contributed by atoms with Crippen molar-refractivity contribution in [2.45, 2.75) is 32.7 Å². The van der Waals surface area contributed by atoms with Gasteiger partial charge in [0, 0.05) is 17.9 Å². The molecule has 27 heavy (non-hydrogen) atoms. The lowest BCUT2D eigenvalue weighted by Crippen LogP contribution is -2.31. The highest BCUT2D eigenvalue weighted by molar-refractivity contribution is 5.95. The average Bonchev–Trinajstić information content (AvgIpc) is 3.30. The fourth-order valence-corrected chi connectivity index (χ4v) is 3.71. The fourth-order valence-electron chi connectivity index (χ4n) is 3.71. The zero-order chi connectivity index (χ0) is 19.0. The third-order valence-corrected chi connectivity index (χ3v) is 5.07. The van der Waals surface area contributed by atoms with Crippen molar-refractivity contribution in [3.8, 4) is 11.1 Å². The number of hydrogen-bond acceptors (Lipinski definition) is 3. The highest BCUT2D eigenvalue weighted by atomic mass is 19.1. The number of aromatic nitrogens is 3. The largest absolute Gasteiger partial charge is 0.330 e. The number of carbonyl (C=O) groups excluding carboxylic acids is 1. The number of nitrogens with one attached hydrogen (secondary N) is 1. The van der Waals surface area contributed by atoms with Crippen LogP contribution in [-0.2, 0) is 0 Å². The third-order valence-electron chi connectivity index (χ3n) is 5.07. The van der Waals surface area contributed by atoms with Crippen LogP contribution in [0.4, 0.5) is 4.39 Å². The van der Waals surface area contributed by atoms with Gasteiger partial charge in [-0.25, -0.2) is 4.39 Å². The lowest BCUT2D eigenvalue weighted by molar-refractivity contribution is 0.0732. The van der Waals surface area contributed by atoms with E-state index in [1.54, 1.807) is 18.3 Å². The molecular formula is C21H21FN4O. The Morgan fingerprint density at radius 2 is 1.96 bits per heavy atom. The van der Waals surface area contributed by atoms with Gasteiger partial charge in [-0.1, -0.05) is 12.1 Å². The monoisotopic (exact) mass is 364 g/mol. The van der Waals surface area contributed by atoms with Gasteiger partial charge in [0.05, 0.1) is 23.5 Å². The van der Waals surface area contributed by atoms with Crippen LogP contribution in [-0.4, -0.2) is 32.5 Å². The molecule has 1 amide bonds. The number of aryl methyl sites for hydroxylation is 2. The van der Waals surface area contributed by atoms with Gasteiger partial charge in [-0.3, -0.25) is 14.9 Å². The van der Waals surface area contributed by atoms with Crippen molar-refractivity contribution < 1.29 is 9.18 Å². The lowest BCUT2D eigenvalue weighted by Gasteiger charge is -2.25. The number of nitrogens with zero attached hydrogens (tertiary/aromatic N) is 3. The Morgan fingerprint density at radius 1 is 1.19 bits per heavy atom. The minimum atomic E-state index is -0.257. The summed E-state index contributed by atoms with van der Waals surface area (Å²) in [4.78, 5) is 19.6. The number of halogens is 1. The van der Waals surface area contributed by atoms with Crippen molar-refractivity contribution in [1.82, 2.24) is 20.1 Å². The SMILES string of the molecule is Cc1cc(-c2ccc(F)cc2)cc(C2CCCN2C(=O)c2cn[nH]c2C)n1. The summed E-state index contributed by atoms with van der Waals surface area (Å²) < 4.78 is 13.2. The molecule has 1 fully saturated rings. The van der Waals surface area contributed by atoms with E-state index in [-0.39, 0.29) is 17.8 Å². The Balaban J connectivity index is 1.68. The molecule has 2 aromatic heterocycles. The fraction of sp³-hybridized carbons (Fsp3) is 0.286. The quantitative estimate of drug-likeness (QED) is 0.757. The molecule has 1 aliphatic rings. The maximum absolute atomic E-state index is 13.2. The minimum Gasteiger partial charge on any atom is -0.330 e. The van der Waals surface area contributed by atoms with E-state index in [4.69, 9.17) is 4.98 Å². The van der Waals surface area contributed by atoms with Crippen LogP contribution in [0.2, 0.25) is 0 Å². The van der Waals surface area contributed by atoms with E-state index in [1.807, 2.05) is 30.9 Å². The molecule has 3 heterocycles. The Morgan fingerprint density at radius 3 is 2.67 bits per heavy atom. The van der Waals surface area contributed by atoms with E-state index in [0.29, 0.717) is 12.1 Å². The number of hydrogen-bond donors (Lipinski definition) is 1. The normalized spacial score (nSPS) is 16.7. The van der Waals surface area contributed by atoms with Gasteiger partial charge >= 0.3 is 0 Å². The molecule has 0 spiro atoms. The molecule has 1 N–H and O–H groups in total. The molecule has 5 nitrogen and oxygen atoms in total. The van der Waals surface area contributed by atoms with E-state index in [0.717, 1.165) is 41.1 Å². The van der Waals surface area contributed by atoms with Crippen molar-refractivity contribution in [2.75, 3.05) is 6.54 Å². The van der Waals surface area contributed by atoms with E-state index < -0.39 is 0 Å². The van der Waals surface area contributed by atoms with Gasteiger partial charge in [-0.2, -0.15) is 5.10 Å². The second kappa shape index (κ2) is 6.95. The summed E-state index contributed by atoms with van der Waals surface area (Å²) in [7, 11) is 0. The highest BCUT2D eigenvalue weighted by Crippen LogP contribution is 2.34. The van der Waals surface area contributed by atoms with Crippen molar-refractivity contribution >= 4 is 5.91 Å². The maximum atomic E-state index is 13.2. The lowest BCUT2D eigenvalue weighted by atomic mass is 10.0. The van der Waals surface area contributed by atoms with E-state index in [1.165, 1.54) is 12.1 Å². The minimum absolute atomic E-state index is 0.0182. The molecule has 1 saturated heterocycles. The molecule has 1 atom stereocenters. The van der Waals surface area contributed by atoms with Gasteiger partial charge in [-0.15, -0.1) is 0 Å². The number of carbonyl (C=O) groups is 1. The standard InChI is InChI=1S/C21H21FN4O/c1-13-10-16(15-5-7-17(22)8-6-15)11-19(24-13)20-4-3-9-26(20)21(27)18-12-23-25-14(18)2/h5-8,10-12,20H,3-4,9H2,1-2H3,(H,23,25). The molecule has 0 radical (unpaired) electrons. The van der Waals surface area contributed by atoms with Crippen molar-refractivity contribution in [3.63, 3.8) is 0 Å². The summed E-state index contributed by atoms with van der Waals surface area (Å²) in [6.07, 6.45) is 3.40. The van der Waals surface area contributed by atoms with Crippen LogP contribution in [0.1, 0.15) is 46.3 Å². The summed E-state index contributed by atoms with van der Waals surface area (Å²) in [6, 6.07) is 10.4. The second-order valence-corrected chi connectivity index (χ2v) is 6.99. The molecule has 4 rings (SSSR count). The summed E-state index contributed by atoms with van der Waals surface area (Å²) in [5.41, 5.74) is 5.05. The highest BCUT2D eigenvalue weighted by Gasteiger charge is 2.33. The molecule has 1 aliphatic heterocycles. The average molecular weight is 364 g/mol. The molecule has 0 saturated carbocycles. The Kier molecular flexibility index (Phi) is 4.48. The van der Waals surface area contributed by atoms with Crippen LogP contribution < -0.4 is 0 Å². The number of pyridine rings is 1. The Labute approximate surface area is 157 Å². The van der Waals surface area contributed by atoms with Crippen molar-refractivity contribution in [2.24, 2.45) is 0 Å². The second-order valence-electron chi connectivity index (χ2n) is 6.99. The van der Waals surface area contributed by atoms with E-state index in [2.05, 4.69) is 10.2 Å². The number of aromatic amines is 1. The first kappa shape index (κ1) is 17.4. The molecular weight excluding hydrogens is 343 g/mol. The number of benzene rings is 1. The van der Waals surface area contributed by atoms with E-state index >= 15 is 0 Å². The zero-order valence-corrected chi connectivity index (χ0v) is 15.4. The molecule has 0 bridgehead atoms. The van der Waals surface area contributed by atoms with Gasteiger partial charge in [0.15, 0.2) is 0 Å². The van der Waals surface area contributed by atoms with Crippen LogP contribution in [0.5, 0.6) is 0 Å². The van der Waals surface area contributed by atoms with Gasteiger partial charge in [0.25, 0.3) is 5.91 Å². The Hall–Kier alpha value is -3.02. The number of rotatable bonds is 3. The molecule has 3 aromatic rings. The summed E-state index contributed by atoms with van der Waals surface area (Å²) in [5, 5.41) is 6.80. The van der Waals surface area contributed by atoms with Crippen LogP contribution in [0.3, 0.4) is 0 Å². The summed E-state index contributed by atoms with van der Waals surface area (Å²) >= 11 is 0. The summed E-state index contributed by atoms with van der Waals surface area (Å²) in [5.74, 6) is -0.275. The maximum Gasteiger partial charge on any atom is 0.257 e. The van der Waals surface area contributed by atoms with Gasteiger partial charge in [0.2, 0.25) is 0 Å². The van der Waals surface area contributed by atoms with Gasteiger partial charge in [-0.05, 0) is 62.1 Å². The predicted octanol–water partition coefficient (Wildman–Crippen LogP) is 4.20.